The zero-order valence-corrected chi connectivity index (χ0v) is 7.64. The normalized spacial score (nSPS) is 11.8. The molecule has 14 heavy (non-hydrogen) atoms. The first kappa shape index (κ1) is 10.2. The van der Waals surface area contributed by atoms with Gasteiger partial charge in [0.05, 0.1) is 7.11 Å². The van der Waals surface area contributed by atoms with Gasteiger partial charge in [0.2, 0.25) is 0 Å². The number of esters is 1. The molecule has 0 fully saturated rings. The van der Waals surface area contributed by atoms with Crippen LogP contribution in [0.2, 0.25) is 0 Å². The summed E-state index contributed by atoms with van der Waals surface area (Å²) < 4.78 is 4.41. The number of carboxylic acids is 1. The standard InChI is InChI=1S/C10H10O4/c1-14-10(13)8(9(11)12)7-5-3-2-4-6-7/h2-6,8H,1H3,(H,11,12). The van der Waals surface area contributed by atoms with Gasteiger partial charge >= 0.3 is 11.9 Å². The third-order valence-corrected chi connectivity index (χ3v) is 1.82. The summed E-state index contributed by atoms with van der Waals surface area (Å²) >= 11 is 0. The van der Waals surface area contributed by atoms with Crippen molar-refractivity contribution in [3.8, 4) is 0 Å². The molecule has 0 aliphatic heterocycles. The van der Waals surface area contributed by atoms with Crippen molar-refractivity contribution >= 4 is 11.9 Å². The molecule has 74 valence electrons. The van der Waals surface area contributed by atoms with Crippen molar-refractivity contribution in [1.82, 2.24) is 0 Å². The van der Waals surface area contributed by atoms with Crippen molar-refractivity contribution in [1.29, 1.82) is 0 Å². The van der Waals surface area contributed by atoms with Crippen molar-refractivity contribution in [2.24, 2.45) is 0 Å². The van der Waals surface area contributed by atoms with Crippen LogP contribution in [-0.4, -0.2) is 24.2 Å². The van der Waals surface area contributed by atoms with Crippen LogP contribution in [-0.2, 0) is 14.3 Å². The average Bonchev–Trinajstić information content (AvgIpc) is 2.19. The molecule has 4 nitrogen and oxygen atoms in total. The quantitative estimate of drug-likeness (QED) is 0.576. The lowest BCUT2D eigenvalue weighted by molar-refractivity contribution is -0.152. The first-order valence-electron chi connectivity index (χ1n) is 4.02. The highest BCUT2D eigenvalue weighted by Gasteiger charge is 2.28. The number of carboxylic acid groups (broad SMARTS) is 1. The fourth-order valence-electron chi connectivity index (χ4n) is 1.14. The molecule has 0 spiro atoms. The van der Waals surface area contributed by atoms with E-state index < -0.39 is 17.9 Å². The zero-order chi connectivity index (χ0) is 10.6. The molecule has 0 radical (unpaired) electrons. The molecule has 0 aromatic heterocycles. The van der Waals surface area contributed by atoms with Gasteiger partial charge in [-0.15, -0.1) is 0 Å². The van der Waals surface area contributed by atoms with Gasteiger partial charge in [-0.3, -0.25) is 9.59 Å². The minimum absolute atomic E-state index is 0.423. The maximum Gasteiger partial charge on any atom is 0.324 e. The van der Waals surface area contributed by atoms with E-state index >= 15 is 0 Å². The van der Waals surface area contributed by atoms with Gasteiger partial charge in [0, 0.05) is 0 Å². The van der Waals surface area contributed by atoms with Crippen LogP contribution in [0, 0.1) is 0 Å². The molecule has 1 N–H and O–H groups in total. The van der Waals surface area contributed by atoms with Crippen LogP contribution < -0.4 is 0 Å². The molecule has 1 aromatic carbocycles. The highest BCUT2D eigenvalue weighted by Crippen LogP contribution is 2.16. The minimum Gasteiger partial charge on any atom is -0.480 e. The topological polar surface area (TPSA) is 63.6 Å². The number of benzene rings is 1. The molecule has 0 saturated carbocycles. The fourth-order valence-corrected chi connectivity index (χ4v) is 1.14. The van der Waals surface area contributed by atoms with Gasteiger partial charge < -0.3 is 9.84 Å². The number of ether oxygens (including phenoxy) is 1. The molecule has 0 bridgehead atoms. The summed E-state index contributed by atoms with van der Waals surface area (Å²) in [6.45, 7) is 0. The molecule has 0 heterocycles. The lowest BCUT2D eigenvalue weighted by atomic mass is 10.00. The van der Waals surface area contributed by atoms with Crippen LogP contribution in [0.15, 0.2) is 30.3 Å². The number of carbonyl (C=O) groups is 2. The third kappa shape index (κ3) is 2.10. The first-order valence-corrected chi connectivity index (χ1v) is 4.02. The smallest absolute Gasteiger partial charge is 0.324 e. The summed E-state index contributed by atoms with van der Waals surface area (Å²) in [7, 11) is 1.17. The summed E-state index contributed by atoms with van der Waals surface area (Å²) in [6, 6.07) is 8.26. The van der Waals surface area contributed by atoms with Crippen molar-refractivity contribution < 1.29 is 19.4 Å². The monoisotopic (exact) mass is 194 g/mol. The summed E-state index contributed by atoms with van der Waals surface area (Å²) in [5.41, 5.74) is 0.423. The van der Waals surface area contributed by atoms with E-state index in [1.165, 1.54) is 7.11 Å². The molecule has 4 heteroatoms. The summed E-state index contributed by atoms with van der Waals surface area (Å²) in [5, 5.41) is 8.83. The van der Waals surface area contributed by atoms with Gasteiger partial charge in [-0.05, 0) is 5.56 Å². The summed E-state index contributed by atoms with van der Waals surface area (Å²) in [6.07, 6.45) is 0. The van der Waals surface area contributed by atoms with Crippen LogP contribution in [0.5, 0.6) is 0 Å². The maximum atomic E-state index is 11.2. The molecular weight excluding hydrogens is 184 g/mol. The molecule has 0 aliphatic rings. The van der Waals surface area contributed by atoms with Gasteiger partial charge in [-0.25, -0.2) is 0 Å². The average molecular weight is 194 g/mol. The van der Waals surface area contributed by atoms with E-state index in [0.29, 0.717) is 5.56 Å². The number of hydrogen-bond acceptors (Lipinski definition) is 3. The Hall–Kier alpha value is -1.84. The number of aliphatic carboxylic acids is 1. The third-order valence-electron chi connectivity index (χ3n) is 1.82. The molecule has 1 aromatic rings. The Balaban J connectivity index is 3.01. The fraction of sp³-hybridized carbons (Fsp3) is 0.200. The van der Waals surface area contributed by atoms with Crippen molar-refractivity contribution in [3.63, 3.8) is 0 Å². The van der Waals surface area contributed by atoms with Gasteiger partial charge in [0.25, 0.3) is 0 Å². The summed E-state index contributed by atoms with van der Waals surface area (Å²) in [5.74, 6) is -3.20. The van der Waals surface area contributed by atoms with Crippen LogP contribution in [0.3, 0.4) is 0 Å². The van der Waals surface area contributed by atoms with Crippen molar-refractivity contribution in [3.05, 3.63) is 35.9 Å². The van der Waals surface area contributed by atoms with E-state index in [4.69, 9.17) is 5.11 Å². The second kappa shape index (κ2) is 4.41. The molecule has 1 rings (SSSR count). The van der Waals surface area contributed by atoms with Crippen molar-refractivity contribution in [2.75, 3.05) is 7.11 Å². The summed E-state index contributed by atoms with van der Waals surface area (Å²) in [4.78, 5) is 22.0. The molecule has 0 amide bonds. The van der Waals surface area contributed by atoms with E-state index in [2.05, 4.69) is 4.74 Å². The second-order valence-electron chi connectivity index (χ2n) is 2.71. The molecule has 0 aliphatic carbocycles. The minimum atomic E-state index is -1.24. The second-order valence-corrected chi connectivity index (χ2v) is 2.71. The Kier molecular flexibility index (Phi) is 3.23. The number of carbonyl (C=O) groups excluding carboxylic acids is 1. The lowest BCUT2D eigenvalue weighted by Crippen LogP contribution is -2.22. The van der Waals surface area contributed by atoms with E-state index in [1.807, 2.05) is 0 Å². The SMILES string of the molecule is COC(=O)C(C(=O)O)c1ccccc1. The van der Waals surface area contributed by atoms with Gasteiger partial charge in [-0.2, -0.15) is 0 Å². The van der Waals surface area contributed by atoms with E-state index in [-0.39, 0.29) is 0 Å². The predicted molar refractivity (Wildman–Crippen MR) is 48.8 cm³/mol. The lowest BCUT2D eigenvalue weighted by Gasteiger charge is -2.09. The van der Waals surface area contributed by atoms with E-state index in [1.54, 1.807) is 30.3 Å². The largest absolute Gasteiger partial charge is 0.480 e. The zero-order valence-electron chi connectivity index (χ0n) is 7.64. The highest BCUT2D eigenvalue weighted by molar-refractivity contribution is 5.99. The Morgan fingerprint density at radius 1 is 1.29 bits per heavy atom. The number of hydrogen-bond donors (Lipinski definition) is 1. The van der Waals surface area contributed by atoms with Gasteiger partial charge in [-0.1, -0.05) is 30.3 Å². The first-order chi connectivity index (χ1) is 6.66. The van der Waals surface area contributed by atoms with Crippen LogP contribution >= 0.6 is 0 Å². The predicted octanol–water partition coefficient (Wildman–Crippen LogP) is 1.03. The van der Waals surface area contributed by atoms with Crippen LogP contribution in [0.4, 0.5) is 0 Å². The Morgan fingerprint density at radius 3 is 2.29 bits per heavy atom. The number of methoxy groups -OCH3 is 1. The molecular formula is C10H10O4. The van der Waals surface area contributed by atoms with Crippen molar-refractivity contribution in [2.45, 2.75) is 5.92 Å². The van der Waals surface area contributed by atoms with Gasteiger partial charge in [0.1, 0.15) is 0 Å². The molecule has 1 unspecified atom stereocenters. The van der Waals surface area contributed by atoms with Gasteiger partial charge in [0.15, 0.2) is 5.92 Å². The van der Waals surface area contributed by atoms with Crippen LogP contribution in [0.25, 0.3) is 0 Å². The Morgan fingerprint density at radius 2 is 1.86 bits per heavy atom. The van der Waals surface area contributed by atoms with E-state index in [0.717, 1.165) is 0 Å². The number of rotatable bonds is 3. The Bertz CT molecular complexity index is 331. The molecule has 0 saturated heterocycles. The molecule has 1 atom stereocenters. The van der Waals surface area contributed by atoms with E-state index in [9.17, 15) is 9.59 Å². The highest BCUT2D eigenvalue weighted by atomic mass is 16.5. The maximum absolute atomic E-state index is 11.2. The Labute approximate surface area is 81.1 Å². The van der Waals surface area contributed by atoms with Crippen LogP contribution in [0.1, 0.15) is 11.5 Å².